The van der Waals surface area contributed by atoms with Gasteiger partial charge in [0.05, 0.1) is 0 Å². The number of carbonyl (C=O) groups is 1. The standard InChI is InChI=1S/C17H22FNO2/c1-12(2)13-7-9-19(10-8-13)16-5-4-15(18)11-14(16)3-6-17(20)21/h3-6,11-13H,7-10H2,1-2H3,(H,20,21)/b6-3+. The third-order valence-electron chi connectivity index (χ3n) is 4.22. The van der Waals surface area contributed by atoms with Gasteiger partial charge < -0.3 is 10.0 Å². The molecule has 1 aliphatic rings. The lowest BCUT2D eigenvalue weighted by atomic mass is 9.86. The second-order valence-corrected chi connectivity index (χ2v) is 5.94. The van der Waals surface area contributed by atoms with E-state index in [9.17, 15) is 9.18 Å². The maximum atomic E-state index is 13.4. The number of hydrogen-bond acceptors (Lipinski definition) is 2. The van der Waals surface area contributed by atoms with Crippen molar-refractivity contribution in [1.29, 1.82) is 0 Å². The number of benzene rings is 1. The van der Waals surface area contributed by atoms with E-state index in [2.05, 4.69) is 18.7 Å². The quantitative estimate of drug-likeness (QED) is 0.858. The molecule has 1 N–H and O–H groups in total. The summed E-state index contributed by atoms with van der Waals surface area (Å²) in [5, 5.41) is 8.75. The molecule has 3 nitrogen and oxygen atoms in total. The van der Waals surface area contributed by atoms with Crippen LogP contribution in [-0.2, 0) is 4.79 Å². The van der Waals surface area contributed by atoms with Gasteiger partial charge in [0.2, 0.25) is 0 Å². The zero-order valence-corrected chi connectivity index (χ0v) is 12.6. The first kappa shape index (κ1) is 15.5. The Balaban J connectivity index is 2.18. The van der Waals surface area contributed by atoms with Crippen LogP contribution in [-0.4, -0.2) is 24.2 Å². The number of nitrogens with zero attached hydrogens (tertiary/aromatic N) is 1. The number of carboxylic acids is 1. The monoisotopic (exact) mass is 291 g/mol. The van der Waals surface area contributed by atoms with Crippen LogP contribution in [0.5, 0.6) is 0 Å². The molecule has 114 valence electrons. The Bertz CT molecular complexity index is 532. The Hall–Kier alpha value is -1.84. The highest BCUT2D eigenvalue weighted by molar-refractivity contribution is 5.87. The number of piperidine rings is 1. The predicted molar refractivity (Wildman–Crippen MR) is 82.8 cm³/mol. The van der Waals surface area contributed by atoms with Gasteiger partial charge in [-0.3, -0.25) is 0 Å². The molecule has 0 bridgehead atoms. The number of rotatable bonds is 4. The molecule has 0 radical (unpaired) electrons. The van der Waals surface area contributed by atoms with Crippen LogP contribution in [0.4, 0.5) is 10.1 Å². The summed E-state index contributed by atoms with van der Waals surface area (Å²) >= 11 is 0. The van der Waals surface area contributed by atoms with Crippen LogP contribution in [0, 0.1) is 17.7 Å². The van der Waals surface area contributed by atoms with E-state index in [1.807, 2.05) is 0 Å². The van der Waals surface area contributed by atoms with Gasteiger partial charge in [-0.05, 0) is 49.0 Å². The van der Waals surface area contributed by atoms with Crippen molar-refractivity contribution in [3.05, 3.63) is 35.7 Å². The summed E-state index contributed by atoms with van der Waals surface area (Å²) in [5.74, 6) is 0.0519. The molecule has 2 rings (SSSR count). The third-order valence-corrected chi connectivity index (χ3v) is 4.22. The highest BCUT2D eigenvalue weighted by Crippen LogP contribution is 2.30. The van der Waals surface area contributed by atoms with E-state index in [4.69, 9.17) is 5.11 Å². The maximum Gasteiger partial charge on any atom is 0.328 e. The second-order valence-electron chi connectivity index (χ2n) is 5.94. The van der Waals surface area contributed by atoms with Crippen LogP contribution in [0.1, 0.15) is 32.3 Å². The molecule has 0 spiro atoms. The van der Waals surface area contributed by atoms with E-state index in [0.29, 0.717) is 11.5 Å². The molecule has 0 amide bonds. The lowest BCUT2D eigenvalue weighted by molar-refractivity contribution is -0.131. The predicted octanol–water partition coefficient (Wildman–Crippen LogP) is 3.80. The molecule has 0 unspecified atom stereocenters. The van der Waals surface area contributed by atoms with E-state index in [0.717, 1.165) is 43.6 Å². The molecular weight excluding hydrogens is 269 g/mol. The zero-order chi connectivity index (χ0) is 15.4. The van der Waals surface area contributed by atoms with Crippen LogP contribution < -0.4 is 4.90 Å². The van der Waals surface area contributed by atoms with E-state index >= 15 is 0 Å². The van der Waals surface area contributed by atoms with Crippen LogP contribution in [0.3, 0.4) is 0 Å². The topological polar surface area (TPSA) is 40.5 Å². The normalized spacial score (nSPS) is 16.9. The fourth-order valence-corrected chi connectivity index (χ4v) is 2.91. The van der Waals surface area contributed by atoms with E-state index in [1.165, 1.54) is 18.2 Å². The molecule has 1 aliphatic heterocycles. The van der Waals surface area contributed by atoms with Gasteiger partial charge in [0, 0.05) is 30.4 Å². The zero-order valence-electron chi connectivity index (χ0n) is 12.6. The smallest absolute Gasteiger partial charge is 0.328 e. The molecular formula is C17H22FNO2. The molecule has 0 saturated carbocycles. The van der Waals surface area contributed by atoms with Crippen molar-refractivity contribution < 1.29 is 14.3 Å². The van der Waals surface area contributed by atoms with Crippen molar-refractivity contribution in [3.63, 3.8) is 0 Å². The summed E-state index contributed by atoms with van der Waals surface area (Å²) < 4.78 is 13.4. The summed E-state index contributed by atoms with van der Waals surface area (Å²) in [6.45, 7) is 6.36. The average Bonchev–Trinajstić information content (AvgIpc) is 2.45. The number of anilines is 1. The highest BCUT2D eigenvalue weighted by Gasteiger charge is 2.22. The molecule has 1 saturated heterocycles. The molecule has 1 fully saturated rings. The first-order valence-electron chi connectivity index (χ1n) is 7.43. The number of aliphatic carboxylic acids is 1. The first-order valence-corrected chi connectivity index (χ1v) is 7.43. The van der Waals surface area contributed by atoms with Gasteiger partial charge in [-0.1, -0.05) is 13.8 Å². The molecule has 0 aliphatic carbocycles. The van der Waals surface area contributed by atoms with Crippen LogP contribution in [0.15, 0.2) is 24.3 Å². The minimum Gasteiger partial charge on any atom is -0.478 e. The van der Waals surface area contributed by atoms with E-state index in [1.54, 1.807) is 6.07 Å². The Labute approximate surface area is 125 Å². The molecule has 4 heteroatoms. The van der Waals surface area contributed by atoms with Crippen LogP contribution in [0.25, 0.3) is 6.08 Å². The second kappa shape index (κ2) is 6.74. The minimum absolute atomic E-state index is 0.346. The van der Waals surface area contributed by atoms with Crippen molar-refractivity contribution in [2.45, 2.75) is 26.7 Å². The van der Waals surface area contributed by atoms with Gasteiger partial charge in [0.15, 0.2) is 0 Å². The third kappa shape index (κ3) is 4.06. The summed E-state index contributed by atoms with van der Waals surface area (Å²) in [6, 6.07) is 4.57. The van der Waals surface area contributed by atoms with Crippen LogP contribution in [0.2, 0.25) is 0 Å². The van der Waals surface area contributed by atoms with Crippen LogP contribution >= 0.6 is 0 Å². The van der Waals surface area contributed by atoms with Crippen molar-refractivity contribution >= 4 is 17.7 Å². The Morgan fingerprint density at radius 2 is 2.05 bits per heavy atom. The highest BCUT2D eigenvalue weighted by atomic mass is 19.1. The van der Waals surface area contributed by atoms with Crippen molar-refractivity contribution in [2.75, 3.05) is 18.0 Å². The number of hydrogen-bond donors (Lipinski definition) is 1. The maximum absolute atomic E-state index is 13.4. The SMILES string of the molecule is CC(C)C1CCN(c2ccc(F)cc2/C=C/C(=O)O)CC1. The average molecular weight is 291 g/mol. The summed E-state index contributed by atoms with van der Waals surface area (Å²) in [6.07, 6.45) is 4.77. The number of carboxylic acid groups (broad SMARTS) is 1. The largest absolute Gasteiger partial charge is 0.478 e. The summed E-state index contributed by atoms with van der Waals surface area (Å²) in [5.41, 5.74) is 1.54. The molecule has 0 atom stereocenters. The van der Waals surface area contributed by atoms with Gasteiger partial charge in [0.25, 0.3) is 0 Å². The summed E-state index contributed by atoms with van der Waals surface area (Å²) in [7, 11) is 0. The number of halogens is 1. The van der Waals surface area contributed by atoms with E-state index in [-0.39, 0.29) is 5.82 Å². The minimum atomic E-state index is -1.02. The van der Waals surface area contributed by atoms with Gasteiger partial charge in [0.1, 0.15) is 5.82 Å². The fourth-order valence-electron chi connectivity index (χ4n) is 2.91. The Morgan fingerprint density at radius 3 is 2.62 bits per heavy atom. The Kier molecular flexibility index (Phi) is 4.99. The molecule has 1 aromatic rings. The molecule has 1 heterocycles. The van der Waals surface area contributed by atoms with Crippen molar-refractivity contribution in [1.82, 2.24) is 0 Å². The molecule has 0 aromatic heterocycles. The van der Waals surface area contributed by atoms with Gasteiger partial charge in [-0.15, -0.1) is 0 Å². The van der Waals surface area contributed by atoms with Crippen molar-refractivity contribution in [2.24, 2.45) is 11.8 Å². The van der Waals surface area contributed by atoms with Crippen molar-refractivity contribution in [3.8, 4) is 0 Å². The lowest BCUT2D eigenvalue weighted by Gasteiger charge is -2.36. The van der Waals surface area contributed by atoms with E-state index < -0.39 is 5.97 Å². The molecule has 21 heavy (non-hydrogen) atoms. The lowest BCUT2D eigenvalue weighted by Crippen LogP contribution is -2.35. The fraction of sp³-hybridized carbons (Fsp3) is 0.471. The van der Waals surface area contributed by atoms with Gasteiger partial charge in [-0.2, -0.15) is 0 Å². The summed E-state index contributed by atoms with van der Waals surface area (Å²) in [4.78, 5) is 12.9. The van der Waals surface area contributed by atoms with Gasteiger partial charge >= 0.3 is 5.97 Å². The first-order chi connectivity index (χ1) is 9.97. The Morgan fingerprint density at radius 1 is 1.38 bits per heavy atom. The van der Waals surface area contributed by atoms with Gasteiger partial charge in [-0.25, -0.2) is 9.18 Å². The molecule has 1 aromatic carbocycles.